The first-order valence-electron chi connectivity index (χ1n) is 7.04. The molecule has 0 fully saturated rings. The highest BCUT2D eigenvalue weighted by molar-refractivity contribution is 9.10. The van der Waals surface area contributed by atoms with Gasteiger partial charge in [0.1, 0.15) is 0 Å². The fourth-order valence-corrected chi connectivity index (χ4v) is 2.14. The van der Waals surface area contributed by atoms with Gasteiger partial charge in [-0.15, -0.1) is 0 Å². The third kappa shape index (κ3) is 4.92. The standard InChI is InChI=1S/C17H15BrN2O4/c1-19-16(22)12-3-2-4-14(9-12)20-15(21)10-24-17(23)11-5-7-13(18)8-6-11/h2-9H,10H2,1H3,(H,19,22)(H,20,21). The summed E-state index contributed by atoms with van der Waals surface area (Å²) < 4.78 is 5.80. The lowest BCUT2D eigenvalue weighted by molar-refractivity contribution is -0.119. The summed E-state index contributed by atoms with van der Waals surface area (Å²) in [7, 11) is 1.52. The van der Waals surface area contributed by atoms with Crippen molar-refractivity contribution in [1.29, 1.82) is 0 Å². The van der Waals surface area contributed by atoms with Gasteiger partial charge in [0.15, 0.2) is 6.61 Å². The quantitative estimate of drug-likeness (QED) is 0.768. The Morgan fingerprint density at radius 3 is 2.42 bits per heavy atom. The number of nitrogens with one attached hydrogen (secondary N) is 2. The van der Waals surface area contributed by atoms with E-state index >= 15 is 0 Å². The fourth-order valence-electron chi connectivity index (χ4n) is 1.88. The van der Waals surface area contributed by atoms with Gasteiger partial charge in [-0.05, 0) is 42.5 Å². The van der Waals surface area contributed by atoms with Crippen molar-refractivity contribution in [3.63, 3.8) is 0 Å². The van der Waals surface area contributed by atoms with Gasteiger partial charge in [0.05, 0.1) is 5.56 Å². The molecule has 0 aliphatic heterocycles. The van der Waals surface area contributed by atoms with Crippen LogP contribution in [0.15, 0.2) is 53.0 Å². The van der Waals surface area contributed by atoms with Gasteiger partial charge < -0.3 is 15.4 Å². The monoisotopic (exact) mass is 390 g/mol. The molecule has 0 bridgehead atoms. The van der Waals surface area contributed by atoms with E-state index in [4.69, 9.17) is 4.74 Å². The van der Waals surface area contributed by atoms with E-state index in [0.717, 1.165) is 4.47 Å². The molecule has 2 amide bonds. The first kappa shape index (κ1) is 17.7. The van der Waals surface area contributed by atoms with Gasteiger partial charge in [-0.3, -0.25) is 9.59 Å². The number of hydrogen-bond donors (Lipinski definition) is 2. The van der Waals surface area contributed by atoms with Crippen LogP contribution >= 0.6 is 15.9 Å². The van der Waals surface area contributed by atoms with E-state index in [0.29, 0.717) is 16.8 Å². The number of ether oxygens (including phenoxy) is 1. The number of amides is 2. The molecule has 2 aromatic carbocycles. The van der Waals surface area contributed by atoms with Gasteiger partial charge in [-0.1, -0.05) is 22.0 Å². The molecule has 2 N–H and O–H groups in total. The van der Waals surface area contributed by atoms with Crippen molar-refractivity contribution in [2.75, 3.05) is 19.0 Å². The van der Waals surface area contributed by atoms with Crippen LogP contribution in [0.1, 0.15) is 20.7 Å². The lowest BCUT2D eigenvalue weighted by atomic mass is 10.2. The highest BCUT2D eigenvalue weighted by Gasteiger charge is 2.11. The van der Waals surface area contributed by atoms with E-state index < -0.39 is 18.5 Å². The Morgan fingerprint density at radius 1 is 1.04 bits per heavy atom. The number of anilines is 1. The summed E-state index contributed by atoms with van der Waals surface area (Å²) >= 11 is 3.27. The molecule has 0 aliphatic carbocycles. The Kier molecular flexibility index (Phi) is 6.08. The van der Waals surface area contributed by atoms with Crippen molar-refractivity contribution in [1.82, 2.24) is 5.32 Å². The molecule has 0 radical (unpaired) electrons. The molecule has 7 heteroatoms. The lowest BCUT2D eigenvalue weighted by Crippen LogP contribution is -2.22. The minimum atomic E-state index is -0.586. The summed E-state index contributed by atoms with van der Waals surface area (Å²) in [4.78, 5) is 35.2. The van der Waals surface area contributed by atoms with Crippen molar-refractivity contribution < 1.29 is 19.1 Å². The Morgan fingerprint density at radius 2 is 1.75 bits per heavy atom. The number of esters is 1. The average Bonchev–Trinajstić information content (AvgIpc) is 2.59. The maximum absolute atomic E-state index is 11.9. The Hall–Kier alpha value is -2.67. The first-order chi connectivity index (χ1) is 11.5. The molecule has 0 atom stereocenters. The second-order valence-corrected chi connectivity index (χ2v) is 5.71. The third-order valence-corrected chi connectivity index (χ3v) is 3.58. The van der Waals surface area contributed by atoms with Gasteiger partial charge in [0.2, 0.25) is 0 Å². The van der Waals surface area contributed by atoms with Crippen molar-refractivity contribution in [2.45, 2.75) is 0 Å². The maximum Gasteiger partial charge on any atom is 0.338 e. The second kappa shape index (κ2) is 8.26. The average molecular weight is 391 g/mol. The van der Waals surface area contributed by atoms with E-state index in [-0.39, 0.29) is 5.91 Å². The number of hydrogen-bond acceptors (Lipinski definition) is 4. The molecule has 0 aromatic heterocycles. The molecule has 2 aromatic rings. The summed E-state index contributed by atoms with van der Waals surface area (Å²) in [6.45, 7) is -0.418. The molecular formula is C17H15BrN2O4. The number of rotatable bonds is 5. The van der Waals surface area contributed by atoms with Crippen LogP contribution in [0.25, 0.3) is 0 Å². The summed E-state index contributed by atoms with van der Waals surface area (Å²) in [5.41, 5.74) is 1.22. The van der Waals surface area contributed by atoms with Crippen LogP contribution in [-0.2, 0) is 9.53 Å². The van der Waals surface area contributed by atoms with Crippen LogP contribution in [0.5, 0.6) is 0 Å². The van der Waals surface area contributed by atoms with Crippen LogP contribution < -0.4 is 10.6 Å². The van der Waals surface area contributed by atoms with Gasteiger partial charge in [0, 0.05) is 22.8 Å². The highest BCUT2D eigenvalue weighted by Crippen LogP contribution is 2.12. The van der Waals surface area contributed by atoms with E-state index in [1.54, 1.807) is 42.5 Å². The largest absolute Gasteiger partial charge is 0.452 e. The summed E-state index contributed by atoms with van der Waals surface area (Å²) in [6.07, 6.45) is 0. The van der Waals surface area contributed by atoms with E-state index in [1.807, 2.05) is 0 Å². The Labute approximate surface area is 147 Å². The van der Waals surface area contributed by atoms with E-state index in [1.165, 1.54) is 13.1 Å². The molecule has 0 aliphatic rings. The van der Waals surface area contributed by atoms with E-state index in [2.05, 4.69) is 26.6 Å². The van der Waals surface area contributed by atoms with Crippen LogP contribution in [0.4, 0.5) is 5.69 Å². The zero-order valence-electron chi connectivity index (χ0n) is 12.8. The molecule has 0 heterocycles. The summed E-state index contributed by atoms with van der Waals surface area (Å²) in [5, 5.41) is 5.07. The summed E-state index contributed by atoms with van der Waals surface area (Å²) in [6, 6.07) is 13.1. The second-order valence-electron chi connectivity index (χ2n) is 4.79. The van der Waals surface area contributed by atoms with Gasteiger partial charge >= 0.3 is 5.97 Å². The van der Waals surface area contributed by atoms with Crippen molar-refractivity contribution in [2.24, 2.45) is 0 Å². The van der Waals surface area contributed by atoms with Crippen LogP contribution in [0, 0.1) is 0 Å². The van der Waals surface area contributed by atoms with Crippen LogP contribution in [0.2, 0.25) is 0 Å². The van der Waals surface area contributed by atoms with Gasteiger partial charge in [-0.2, -0.15) is 0 Å². The zero-order chi connectivity index (χ0) is 17.5. The van der Waals surface area contributed by atoms with Crippen molar-refractivity contribution in [3.8, 4) is 0 Å². The molecular weight excluding hydrogens is 376 g/mol. The lowest BCUT2D eigenvalue weighted by Gasteiger charge is -2.08. The van der Waals surface area contributed by atoms with Crippen LogP contribution in [0.3, 0.4) is 0 Å². The van der Waals surface area contributed by atoms with Crippen LogP contribution in [-0.4, -0.2) is 31.4 Å². The minimum absolute atomic E-state index is 0.257. The minimum Gasteiger partial charge on any atom is -0.452 e. The number of benzene rings is 2. The topological polar surface area (TPSA) is 84.5 Å². The first-order valence-corrected chi connectivity index (χ1v) is 7.83. The fraction of sp³-hybridized carbons (Fsp3) is 0.118. The Bertz CT molecular complexity index is 759. The predicted molar refractivity (Wildman–Crippen MR) is 92.9 cm³/mol. The SMILES string of the molecule is CNC(=O)c1cccc(NC(=O)COC(=O)c2ccc(Br)cc2)c1. The number of carbonyl (C=O) groups is 3. The summed E-state index contributed by atoms with van der Waals surface area (Å²) in [5.74, 6) is -1.33. The normalized spacial score (nSPS) is 9.92. The highest BCUT2D eigenvalue weighted by atomic mass is 79.9. The Balaban J connectivity index is 1.90. The third-order valence-electron chi connectivity index (χ3n) is 3.05. The molecule has 124 valence electrons. The predicted octanol–water partition coefficient (Wildman–Crippen LogP) is 2.60. The number of halogens is 1. The smallest absolute Gasteiger partial charge is 0.338 e. The van der Waals surface area contributed by atoms with Gasteiger partial charge in [0.25, 0.3) is 11.8 Å². The molecule has 0 saturated carbocycles. The molecule has 0 saturated heterocycles. The van der Waals surface area contributed by atoms with Crippen molar-refractivity contribution >= 4 is 39.4 Å². The van der Waals surface area contributed by atoms with E-state index in [9.17, 15) is 14.4 Å². The number of carbonyl (C=O) groups excluding carboxylic acids is 3. The van der Waals surface area contributed by atoms with Crippen molar-refractivity contribution in [3.05, 3.63) is 64.1 Å². The molecule has 0 spiro atoms. The molecule has 6 nitrogen and oxygen atoms in total. The molecule has 2 rings (SSSR count). The zero-order valence-corrected chi connectivity index (χ0v) is 14.4. The molecule has 0 unspecified atom stereocenters. The van der Waals surface area contributed by atoms with Gasteiger partial charge in [-0.25, -0.2) is 4.79 Å². The maximum atomic E-state index is 11.9. The molecule has 24 heavy (non-hydrogen) atoms.